The number of halogens is 1. The van der Waals surface area contributed by atoms with Crippen LogP contribution in [0.2, 0.25) is 0 Å². The largest absolute Gasteiger partial charge is 0.488 e. The number of aliphatic imine (C=N–C) groups is 1. The van der Waals surface area contributed by atoms with Crippen molar-refractivity contribution >= 4 is 56.5 Å². The Morgan fingerprint density at radius 3 is 2.61 bits per heavy atom. The molecule has 0 aromatic heterocycles. The number of ether oxygens (including phenoxy) is 1. The van der Waals surface area contributed by atoms with Gasteiger partial charge in [0.15, 0.2) is 5.17 Å². The monoisotopic (exact) mass is 561 g/mol. The number of amides is 1. The number of rotatable bonds is 7. The first-order valence-corrected chi connectivity index (χ1v) is 12.5. The first-order valence-electron chi connectivity index (χ1n) is 10.9. The maximum absolute atomic E-state index is 13.0. The first kappa shape index (κ1) is 25.2. The summed E-state index contributed by atoms with van der Waals surface area (Å²) >= 11 is 4.80. The fraction of sp³-hybridized carbons (Fsp3) is 0.111. The summed E-state index contributed by atoms with van der Waals surface area (Å²) in [6, 6.07) is 21.2. The average Bonchev–Trinajstić information content (AvgIpc) is 3.17. The van der Waals surface area contributed by atoms with E-state index >= 15 is 0 Å². The number of nitrogens with zero attached hydrogens (tertiary/aromatic N) is 3. The van der Waals surface area contributed by atoms with Crippen molar-refractivity contribution in [3.63, 3.8) is 0 Å². The molecule has 1 N–H and O–H groups in total. The van der Waals surface area contributed by atoms with Gasteiger partial charge in [0.1, 0.15) is 12.4 Å². The third kappa shape index (κ3) is 5.67. The van der Waals surface area contributed by atoms with Crippen molar-refractivity contribution in [1.82, 2.24) is 4.90 Å². The molecular weight excluding hydrogens is 542 g/mol. The molecule has 0 atom stereocenters. The predicted molar refractivity (Wildman–Crippen MR) is 143 cm³/mol. The number of thioether (sulfide) groups is 1. The minimum Gasteiger partial charge on any atom is -0.488 e. The molecular formula is C27H20BrN3O4S. The highest BCUT2D eigenvalue weighted by molar-refractivity contribution is 9.10. The summed E-state index contributed by atoms with van der Waals surface area (Å²) in [6.07, 6.45) is 1.80. The summed E-state index contributed by atoms with van der Waals surface area (Å²) in [5.74, 6) is -0.528. The number of nitriles is 1. The van der Waals surface area contributed by atoms with Gasteiger partial charge in [0.25, 0.3) is 5.91 Å². The Bertz CT molecular complexity index is 1430. The van der Waals surface area contributed by atoms with Crippen molar-refractivity contribution < 1.29 is 19.4 Å². The molecule has 9 heteroatoms. The first-order chi connectivity index (χ1) is 17.4. The topological polar surface area (TPSA) is 103 Å². The second-order valence-corrected chi connectivity index (χ2v) is 9.52. The van der Waals surface area contributed by atoms with Gasteiger partial charge in [-0.2, -0.15) is 5.26 Å². The molecule has 180 valence electrons. The van der Waals surface area contributed by atoms with Crippen molar-refractivity contribution in [2.45, 2.75) is 13.5 Å². The molecule has 0 saturated carbocycles. The Balaban J connectivity index is 1.51. The third-order valence-corrected chi connectivity index (χ3v) is 6.94. The van der Waals surface area contributed by atoms with E-state index in [0.717, 1.165) is 15.6 Å². The Kier molecular flexibility index (Phi) is 7.88. The number of carbonyl (C=O) groups excluding carboxylic acids is 1. The third-order valence-electron chi connectivity index (χ3n) is 5.32. The molecule has 0 spiro atoms. The van der Waals surface area contributed by atoms with Crippen LogP contribution in [0, 0.1) is 11.3 Å². The molecule has 0 radical (unpaired) electrons. The van der Waals surface area contributed by atoms with E-state index in [9.17, 15) is 14.9 Å². The fourth-order valence-corrected chi connectivity index (χ4v) is 5.02. The van der Waals surface area contributed by atoms with E-state index in [0.29, 0.717) is 33.6 Å². The van der Waals surface area contributed by atoms with Gasteiger partial charge in [-0.3, -0.25) is 9.69 Å². The van der Waals surface area contributed by atoms with Crippen LogP contribution in [-0.4, -0.2) is 33.6 Å². The lowest BCUT2D eigenvalue weighted by atomic mass is 10.1. The van der Waals surface area contributed by atoms with Crippen LogP contribution in [0.3, 0.4) is 0 Å². The van der Waals surface area contributed by atoms with Gasteiger partial charge in [0.2, 0.25) is 0 Å². The number of hydrogen-bond donors (Lipinski definition) is 1. The van der Waals surface area contributed by atoms with Crippen molar-refractivity contribution in [2.75, 3.05) is 6.54 Å². The predicted octanol–water partition coefficient (Wildman–Crippen LogP) is 6.22. The molecule has 1 aliphatic rings. The molecule has 1 amide bonds. The lowest BCUT2D eigenvalue weighted by Gasteiger charge is -2.12. The van der Waals surface area contributed by atoms with Crippen LogP contribution in [0.1, 0.15) is 34.0 Å². The summed E-state index contributed by atoms with van der Waals surface area (Å²) in [7, 11) is 0. The summed E-state index contributed by atoms with van der Waals surface area (Å²) in [5.41, 5.74) is 2.93. The van der Waals surface area contributed by atoms with Crippen molar-refractivity contribution in [2.24, 2.45) is 4.99 Å². The summed E-state index contributed by atoms with van der Waals surface area (Å²) in [6.45, 7) is 2.59. The van der Waals surface area contributed by atoms with E-state index in [2.05, 4.69) is 27.0 Å². The minimum absolute atomic E-state index is 0.145. The highest BCUT2D eigenvalue weighted by Gasteiger charge is 2.32. The zero-order chi connectivity index (χ0) is 25.7. The van der Waals surface area contributed by atoms with E-state index in [1.54, 1.807) is 29.2 Å². The zero-order valence-electron chi connectivity index (χ0n) is 19.1. The second-order valence-electron chi connectivity index (χ2n) is 7.65. The standard InChI is InChI=1S/C27H20BrN3O4S/c1-2-31-25(32)24(36-27(31)30-21-10-8-18(9-11-21)26(33)34)14-17-7-12-23(22(28)13-17)35-16-20-6-4-3-5-19(20)15-29/h3-14H,2,16H2,1H3,(H,33,34)/b24-14+,30-27?. The Morgan fingerprint density at radius 1 is 1.19 bits per heavy atom. The lowest BCUT2D eigenvalue weighted by Crippen LogP contribution is -2.28. The van der Waals surface area contributed by atoms with Gasteiger partial charge in [-0.15, -0.1) is 0 Å². The van der Waals surface area contributed by atoms with Crippen LogP contribution in [0.25, 0.3) is 6.08 Å². The fourth-order valence-electron chi connectivity index (χ4n) is 3.45. The summed E-state index contributed by atoms with van der Waals surface area (Å²) in [4.78, 5) is 30.7. The molecule has 0 aliphatic carbocycles. The normalized spacial score (nSPS) is 15.4. The smallest absolute Gasteiger partial charge is 0.335 e. The molecule has 4 rings (SSSR count). The molecule has 1 fully saturated rings. The summed E-state index contributed by atoms with van der Waals surface area (Å²) in [5, 5.41) is 18.8. The molecule has 1 heterocycles. The molecule has 7 nitrogen and oxygen atoms in total. The number of likely N-dealkylation sites (N-methyl/N-ethyl adjacent to an activating group) is 1. The maximum atomic E-state index is 13.0. The average molecular weight is 562 g/mol. The van der Waals surface area contributed by atoms with E-state index in [-0.39, 0.29) is 18.1 Å². The molecule has 3 aromatic carbocycles. The van der Waals surface area contributed by atoms with Crippen molar-refractivity contribution in [3.8, 4) is 11.8 Å². The zero-order valence-corrected chi connectivity index (χ0v) is 21.5. The van der Waals surface area contributed by atoms with Gasteiger partial charge in [0, 0.05) is 12.1 Å². The van der Waals surface area contributed by atoms with Crippen LogP contribution < -0.4 is 4.74 Å². The minimum atomic E-state index is -1.01. The summed E-state index contributed by atoms with van der Waals surface area (Å²) < 4.78 is 6.62. The number of hydrogen-bond acceptors (Lipinski definition) is 6. The van der Waals surface area contributed by atoms with E-state index in [1.807, 2.05) is 43.3 Å². The van der Waals surface area contributed by atoms with Gasteiger partial charge in [-0.05, 0) is 88.7 Å². The SMILES string of the molecule is CCN1C(=O)/C(=C\c2ccc(OCc3ccccc3C#N)c(Br)c2)SC1=Nc1ccc(C(=O)O)cc1. The van der Waals surface area contributed by atoms with Gasteiger partial charge < -0.3 is 9.84 Å². The molecule has 0 bridgehead atoms. The Morgan fingerprint density at radius 2 is 1.94 bits per heavy atom. The van der Waals surface area contributed by atoms with E-state index in [1.165, 1.54) is 23.9 Å². The maximum Gasteiger partial charge on any atom is 0.335 e. The van der Waals surface area contributed by atoms with Crippen LogP contribution in [0.5, 0.6) is 5.75 Å². The van der Waals surface area contributed by atoms with Crippen molar-refractivity contribution in [1.29, 1.82) is 5.26 Å². The lowest BCUT2D eigenvalue weighted by molar-refractivity contribution is -0.122. The highest BCUT2D eigenvalue weighted by Crippen LogP contribution is 2.35. The van der Waals surface area contributed by atoms with Crippen LogP contribution in [-0.2, 0) is 11.4 Å². The molecule has 3 aromatic rings. The molecule has 1 aliphatic heterocycles. The Labute approximate surface area is 220 Å². The molecule has 0 unspecified atom stereocenters. The number of aromatic carboxylic acids is 1. The Hall–Kier alpha value is -3.87. The van der Waals surface area contributed by atoms with Crippen LogP contribution in [0.15, 0.2) is 81.1 Å². The number of benzene rings is 3. The number of carboxylic acids is 1. The van der Waals surface area contributed by atoms with Gasteiger partial charge in [0.05, 0.1) is 32.3 Å². The second kappa shape index (κ2) is 11.2. The van der Waals surface area contributed by atoms with Gasteiger partial charge in [-0.1, -0.05) is 24.3 Å². The highest BCUT2D eigenvalue weighted by atomic mass is 79.9. The molecule has 1 saturated heterocycles. The van der Waals surface area contributed by atoms with Gasteiger partial charge in [-0.25, -0.2) is 9.79 Å². The number of carboxylic acid groups (broad SMARTS) is 1. The van der Waals surface area contributed by atoms with E-state index in [4.69, 9.17) is 9.84 Å². The van der Waals surface area contributed by atoms with Crippen molar-refractivity contribution in [3.05, 3.63) is 98.4 Å². The number of amidine groups is 1. The quantitative estimate of drug-likeness (QED) is 0.343. The van der Waals surface area contributed by atoms with E-state index < -0.39 is 5.97 Å². The van der Waals surface area contributed by atoms with Crippen LogP contribution in [0.4, 0.5) is 5.69 Å². The molecule has 36 heavy (non-hydrogen) atoms. The number of carbonyl (C=O) groups is 2. The van der Waals surface area contributed by atoms with Gasteiger partial charge >= 0.3 is 5.97 Å². The van der Waals surface area contributed by atoms with Crippen LogP contribution >= 0.6 is 27.7 Å².